The molecule has 2 aliphatic heterocycles. The van der Waals surface area contributed by atoms with E-state index in [1.807, 2.05) is 0 Å². The number of sulfonamides is 1. The Morgan fingerprint density at radius 1 is 1.12 bits per heavy atom. The summed E-state index contributed by atoms with van der Waals surface area (Å²) >= 11 is 0. The van der Waals surface area contributed by atoms with Crippen molar-refractivity contribution in [3.63, 3.8) is 0 Å². The average molecular weight is 366 g/mol. The number of piperazine rings is 2. The first-order valence-corrected chi connectivity index (χ1v) is 10.2. The van der Waals surface area contributed by atoms with Gasteiger partial charge in [0.2, 0.25) is 15.9 Å². The summed E-state index contributed by atoms with van der Waals surface area (Å²) in [7, 11) is -3.47. The Hall–Kier alpha value is -1.48. The summed E-state index contributed by atoms with van der Waals surface area (Å²) in [6.07, 6.45) is 0. The molecule has 2 saturated heterocycles. The number of carbonyl (C=O) groups excluding carboxylic acids is 1. The monoisotopic (exact) mass is 366 g/mol. The highest BCUT2D eigenvalue weighted by atomic mass is 32.2. The predicted molar refractivity (Wildman–Crippen MR) is 95.7 cm³/mol. The first-order chi connectivity index (χ1) is 12.0. The van der Waals surface area contributed by atoms with Crippen molar-refractivity contribution in [1.82, 2.24) is 19.4 Å². The maximum atomic E-state index is 12.6. The number of carbonyl (C=O) groups is 1. The molecule has 1 N–H and O–H groups in total. The van der Waals surface area contributed by atoms with Crippen LogP contribution in [0.5, 0.6) is 0 Å². The van der Waals surface area contributed by atoms with Crippen LogP contribution in [-0.4, -0.2) is 86.8 Å². The first-order valence-electron chi connectivity index (χ1n) is 8.76. The summed E-state index contributed by atoms with van der Waals surface area (Å²) in [4.78, 5) is 16.8. The van der Waals surface area contributed by atoms with E-state index in [1.165, 1.54) is 4.31 Å². The number of hydrogen-bond donors (Lipinski definition) is 1. The Morgan fingerprint density at radius 3 is 2.44 bits per heavy atom. The van der Waals surface area contributed by atoms with Crippen LogP contribution < -0.4 is 5.32 Å². The molecule has 0 radical (unpaired) electrons. The second kappa shape index (κ2) is 7.82. The van der Waals surface area contributed by atoms with Crippen LogP contribution in [-0.2, 0) is 14.8 Å². The van der Waals surface area contributed by atoms with Crippen LogP contribution >= 0.6 is 0 Å². The lowest BCUT2D eigenvalue weighted by Gasteiger charge is -2.37. The molecule has 2 aliphatic rings. The quantitative estimate of drug-likeness (QED) is 0.800. The van der Waals surface area contributed by atoms with Crippen LogP contribution in [0, 0.1) is 0 Å². The number of rotatable bonds is 4. The number of amides is 1. The Labute approximate surface area is 149 Å². The molecule has 1 atom stereocenters. The van der Waals surface area contributed by atoms with Crippen LogP contribution in [0.2, 0.25) is 0 Å². The molecule has 7 nitrogen and oxygen atoms in total. The van der Waals surface area contributed by atoms with E-state index in [0.717, 1.165) is 19.6 Å². The van der Waals surface area contributed by atoms with Crippen LogP contribution in [0.4, 0.5) is 0 Å². The molecule has 0 bridgehead atoms. The van der Waals surface area contributed by atoms with Gasteiger partial charge in [-0.3, -0.25) is 9.69 Å². The third-order valence-corrected chi connectivity index (χ3v) is 6.86. The molecule has 3 rings (SSSR count). The zero-order valence-electron chi connectivity index (χ0n) is 14.6. The largest absolute Gasteiger partial charge is 0.339 e. The molecule has 1 aromatic carbocycles. The summed E-state index contributed by atoms with van der Waals surface area (Å²) in [6, 6.07) is 8.81. The van der Waals surface area contributed by atoms with Gasteiger partial charge in [0.25, 0.3) is 0 Å². The molecule has 0 aromatic heterocycles. The molecule has 0 spiro atoms. The molecule has 25 heavy (non-hydrogen) atoms. The van der Waals surface area contributed by atoms with Crippen molar-refractivity contribution >= 4 is 15.9 Å². The maximum Gasteiger partial charge on any atom is 0.243 e. The SMILES string of the molecule is C[C@H]1CNCCN1CC(=O)N1CCN(S(=O)(=O)c2ccccc2)CC1. The van der Waals surface area contributed by atoms with E-state index < -0.39 is 10.0 Å². The van der Waals surface area contributed by atoms with Crippen molar-refractivity contribution in [1.29, 1.82) is 0 Å². The van der Waals surface area contributed by atoms with E-state index in [4.69, 9.17) is 0 Å². The Balaban J connectivity index is 1.55. The van der Waals surface area contributed by atoms with Crippen molar-refractivity contribution in [2.24, 2.45) is 0 Å². The first kappa shape index (κ1) is 18.3. The van der Waals surface area contributed by atoms with Crippen LogP contribution in [0.25, 0.3) is 0 Å². The predicted octanol–water partition coefficient (Wildman–Crippen LogP) is -0.187. The van der Waals surface area contributed by atoms with Gasteiger partial charge < -0.3 is 10.2 Å². The summed E-state index contributed by atoms with van der Waals surface area (Å²) in [5.41, 5.74) is 0. The van der Waals surface area contributed by atoms with E-state index in [9.17, 15) is 13.2 Å². The van der Waals surface area contributed by atoms with Gasteiger partial charge in [0.1, 0.15) is 0 Å². The highest BCUT2D eigenvalue weighted by Gasteiger charge is 2.31. The van der Waals surface area contributed by atoms with E-state index in [-0.39, 0.29) is 5.91 Å². The summed E-state index contributed by atoms with van der Waals surface area (Å²) in [6.45, 7) is 6.79. The van der Waals surface area contributed by atoms with Gasteiger partial charge in [0.05, 0.1) is 11.4 Å². The minimum absolute atomic E-state index is 0.0884. The smallest absolute Gasteiger partial charge is 0.243 e. The van der Waals surface area contributed by atoms with Gasteiger partial charge in [-0.2, -0.15) is 4.31 Å². The van der Waals surface area contributed by atoms with Crippen molar-refractivity contribution < 1.29 is 13.2 Å². The van der Waals surface area contributed by atoms with Gasteiger partial charge in [-0.15, -0.1) is 0 Å². The van der Waals surface area contributed by atoms with E-state index in [2.05, 4.69) is 17.1 Å². The number of nitrogens with one attached hydrogen (secondary N) is 1. The van der Waals surface area contributed by atoms with E-state index in [1.54, 1.807) is 35.2 Å². The van der Waals surface area contributed by atoms with Gasteiger partial charge in [-0.25, -0.2) is 8.42 Å². The second-order valence-corrected chi connectivity index (χ2v) is 8.56. The number of hydrogen-bond acceptors (Lipinski definition) is 5. The summed E-state index contributed by atoms with van der Waals surface area (Å²) in [5, 5.41) is 3.32. The van der Waals surface area contributed by atoms with E-state index in [0.29, 0.717) is 43.7 Å². The molecule has 2 heterocycles. The highest BCUT2D eigenvalue weighted by Crippen LogP contribution is 2.17. The normalized spacial score (nSPS) is 23.6. The minimum atomic E-state index is -3.47. The molecule has 0 unspecified atom stereocenters. The van der Waals surface area contributed by atoms with Crippen molar-refractivity contribution in [2.75, 3.05) is 52.4 Å². The second-order valence-electron chi connectivity index (χ2n) is 6.62. The van der Waals surface area contributed by atoms with Crippen molar-refractivity contribution in [2.45, 2.75) is 17.9 Å². The summed E-state index contributed by atoms with van der Waals surface area (Å²) in [5.74, 6) is 0.0884. The van der Waals surface area contributed by atoms with Crippen LogP contribution in [0.1, 0.15) is 6.92 Å². The van der Waals surface area contributed by atoms with Gasteiger partial charge >= 0.3 is 0 Å². The molecule has 0 aliphatic carbocycles. The summed E-state index contributed by atoms with van der Waals surface area (Å²) < 4.78 is 26.7. The molecule has 138 valence electrons. The van der Waals surface area contributed by atoms with Crippen molar-refractivity contribution in [3.05, 3.63) is 30.3 Å². The lowest BCUT2D eigenvalue weighted by Crippen LogP contribution is -2.56. The molecular weight excluding hydrogens is 340 g/mol. The molecule has 0 saturated carbocycles. The topological polar surface area (TPSA) is 73.0 Å². The lowest BCUT2D eigenvalue weighted by atomic mass is 10.2. The standard InChI is InChI=1S/C17H26N4O3S/c1-15-13-18-7-8-20(15)14-17(22)19-9-11-21(12-10-19)25(23,24)16-5-3-2-4-6-16/h2-6,15,18H,7-14H2,1H3/t15-/m0/s1. The van der Waals surface area contributed by atoms with Crippen LogP contribution in [0.3, 0.4) is 0 Å². The highest BCUT2D eigenvalue weighted by molar-refractivity contribution is 7.89. The fourth-order valence-electron chi connectivity index (χ4n) is 3.31. The fourth-order valence-corrected chi connectivity index (χ4v) is 4.75. The zero-order valence-corrected chi connectivity index (χ0v) is 15.4. The van der Waals surface area contributed by atoms with Crippen LogP contribution in [0.15, 0.2) is 35.2 Å². The van der Waals surface area contributed by atoms with Gasteiger partial charge in [0.15, 0.2) is 0 Å². The molecule has 1 amide bonds. The van der Waals surface area contributed by atoms with Gasteiger partial charge in [-0.05, 0) is 19.1 Å². The maximum absolute atomic E-state index is 12.6. The average Bonchev–Trinajstić information content (AvgIpc) is 2.64. The Kier molecular flexibility index (Phi) is 5.73. The lowest BCUT2D eigenvalue weighted by molar-refractivity contribution is -0.134. The van der Waals surface area contributed by atoms with Gasteiger partial charge in [-0.1, -0.05) is 18.2 Å². The van der Waals surface area contributed by atoms with Crippen molar-refractivity contribution in [3.8, 4) is 0 Å². The number of nitrogens with zero attached hydrogens (tertiary/aromatic N) is 3. The Bertz CT molecular complexity index is 687. The molecule has 2 fully saturated rings. The zero-order chi connectivity index (χ0) is 17.9. The Morgan fingerprint density at radius 2 is 1.80 bits per heavy atom. The molecule has 1 aromatic rings. The molecular formula is C17H26N4O3S. The third-order valence-electron chi connectivity index (χ3n) is 4.95. The minimum Gasteiger partial charge on any atom is -0.339 e. The third kappa shape index (κ3) is 4.20. The number of benzene rings is 1. The van der Waals surface area contributed by atoms with E-state index >= 15 is 0 Å². The molecule has 8 heteroatoms. The fraction of sp³-hybridized carbons (Fsp3) is 0.588. The van der Waals surface area contributed by atoms with Gasteiger partial charge in [0, 0.05) is 51.9 Å².